The second-order valence-corrected chi connectivity index (χ2v) is 4.46. The molecule has 0 atom stereocenters. The van der Waals surface area contributed by atoms with E-state index >= 15 is 0 Å². The molecule has 0 amide bonds. The molecule has 0 bridgehead atoms. The largest absolute Gasteiger partial charge is 1.00 e. The number of hydrogen-bond acceptors (Lipinski definition) is 4. The van der Waals surface area contributed by atoms with Gasteiger partial charge in [0, 0.05) is 9.75 Å². The number of thiophene rings is 2. The fourth-order valence-corrected chi connectivity index (χ4v) is 2.67. The van der Waals surface area contributed by atoms with Crippen LogP contribution < -0.4 is 56.5 Å². The average Bonchev–Trinajstić information content (AvgIpc) is 2.75. The Morgan fingerprint density at radius 3 is 2.50 bits per heavy atom. The van der Waals surface area contributed by atoms with E-state index in [1.807, 2.05) is 23.6 Å². The van der Waals surface area contributed by atoms with Gasteiger partial charge in [-0.2, -0.15) is 0 Å². The van der Waals surface area contributed by atoms with Crippen molar-refractivity contribution in [3.8, 4) is 9.75 Å². The molecule has 5 heteroatoms. The van der Waals surface area contributed by atoms with Crippen LogP contribution in [0.3, 0.4) is 0 Å². The first-order valence-corrected chi connectivity index (χ1v) is 5.32. The van der Waals surface area contributed by atoms with Crippen molar-refractivity contribution in [2.75, 3.05) is 0 Å². The molecule has 66 valence electrons. The zero-order chi connectivity index (χ0) is 9.26. The summed E-state index contributed by atoms with van der Waals surface area (Å²) in [5.74, 6) is -1.10. The van der Waals surface area contributed by atoms with E-state index in [2.05, 4.69) is 0 Å². The molecule has 2 heterocycles. The normalized spacial score (nSPS) is 9.43. The van der Waals surface area contributed by atoms with Gasteiger partial charge in [0.1, 0.15) is 0 Å². The fourth-order valence-electron chi connectivity index (χ4n) is 0.999. The van der Waals surface area contributed by atoms with Crippen LogP contribution in [0.15, 0.2) is 29.6 Å². The van der Waals surface area contributed by atoms with Crippen LogP contribution in [0.2, 0.25) is 0 Å². The number of carboxylic acids is 1. The molecule has 0 aliphatic heterocycles. The van der Waals surface area contributed by atoms with Gasteiger partial charge in [-0.15, -0.1) is 22.7 Å². The summed E-state index contributed by atoms with van der Waals surface area (Å²) in [6.45, 7) is 0. The molecule has 2 rings (SSSR count). The van der Waals surface area contributed by atoms with Gasteiger partial charge >= 0.3 is 51.4 Å². The van der Waals surface area contributed by atoms with Gasteiger partial charge in [0.05, 0.1) is 10.8 Å². The fraction of sp³-hybridized carbons (Fsp3) is 0. The van der Waals surface area contributed by atoms with Crippen molar-refractivity contribution in [1.82, 2.24) is 0 Å². The Morgan fingerprint density at radius 1 is 1.21 bits per heavy atom. The first-order valence-electron chi connectivity index (χ1n) is 3.62. The van der Waals surface area contributed by atoms with Gasteiger partial charge in [0.2, 0.25) is 0 Å². The van der Waals surface area contributed by atoms with Gasteiger partial charge in [-0.05, 0) is 23.6 Å². The van der Waals surface area contributed by atoms with Crippen LogP contribution in [0, 0.1) is 0 Å². The predicted molar refractivity (Wildman–Crippen MR) is 52.0 cm³/mol. The summed E-state index contributed by atoms with van der Waals surface area (Å²) >= 11 is 2.85. The zero-order valence-corrected chi connectivity index (χ0v) is 12.3. The monoisotopic (exact) mass is 248 g/mol. The molecule has 0 aliphatic rings. The van der Waals surface area contributed by atoms with Crippen molar-refractivity contribution >= 4 is 28.6 Å². The van der Waals surface area contributed by atoms with Gasteiger partial charge in [-0.1, -0.05) is 6.07 Å². The summed E-state index contributed by atoms with van der Waals surface area (Å²) in [6, 6.07) is 7.30. The molecule has 2 aromatic rings. The van der Waals surface area contributed by atoms with Crippen molar-refractivity contribution in [1.29, 1.82) is 0 Å². The minimum absolute atomic E-state index is 0. The van der Waals surface area contributed by atoms with Crippen LogP contribution in [0.25, 0.3) is 9.75 Å². The molecule has 2 aromatic heterocycles. The molecule has 0 aromatic carbocycles. The number of rotatable bonds is 2. The maximum absolute atomic E-state index is 10.5. The van der Waals surface area contributed by atoms with Crippen molar-refractivity contribution in [3.05, 3.63) is 34.5 Å². The Morgan fingerprint density at radius 2 is 2.00 bits per heavy atom. The van der Waals surface area contributed by atoms with Crippen LogP contribution in [0.5, 0.6) is 0 Å². The molecule has 0 saturated heterocycles. The van der Waals surface area contributed by atoms with E-state index < -0.39 is 5.97 Å². The number of carboxylic acid groups (broad SMARTS) is 1. The van der Waals surface area contributed by atoms with Gasteiger partial charge in [-0.3, -0.25) is 0 Å². The van der Waals surface area contributed by atoms with E-state index in [1.165, 1.54) is 11.3 Å². The third kappa shape index (κ3) is 2.76. The molecule has 0 fully saturated rings. The quantitative estimate of drug-likeness (QED) is 0.629. The van der Waals surface area contributed by atoms with Crippen LogP contribution in [-0.2, 0) is 0 Å². The summed E-state index contributed by atoms with van der Waals surface area (Å²) in [5.41, 5.74) is 0. The van der Waals surface area contributed by atoms with Gasteiger partial charge < -0.3 is 9.90 Å². The maximum atomic E-state index is 10.5. The third-order valence-electron chi connectivity index (χ3n) is 1.57. The Balaban J connectivity index is 0.000000980. The Kier molecular flexibility index (Phi) is 4.99. The van der Waals surface area contributed by atoms with Gasteiger partial charge in [0.25, 0.3) is 0 Å². The number of carbonyl (C=O) groups excluding carboxylic acids is 1. The number of aromatic carboxylic acids is 1. The second-order valence-electron chi connectivity index (χ2n) is 2.43. The first-order chi connectivity index (χ1) is 6.27. The van der Waals surface area contributed by atoms with Crippen molar-refractivity contribution in [3.63, 3.8) is 0 Å². The molecular weight excluding hydrogens is 243 g/mol. The molecule has 0 radical (unpaired) electrons. The van der Waals surface area contributed by atoms with E-state index in [1.54, 1.807) is 17.4 Å². The Labute approximate surface area is 132 Å². The topological polar surface area (TPSA) is 40.1 Å². The summed E-state index contributed by atoms with van der Waals surface area (Å²) in [5, 5.41) is 12.5. The molecule has 2 nitrogen and oxygen atoms in total. The summed E-state index contributed by atoms with van der Waals surface area (Å²) < 4.78 is 0. The van der Waals surface area contributed by atoms with E-state index in [9.17, 15) is 9.90 Å². The molecular formula is C9H5KO2S2. The van der Waals surface area contributed by atoms with Crippen LogP contribution >= 0.6 is 22.7 Å². The molecule has 0 N–H and O–H groups in total. The third-order valence-corrected chi connectivity index (χ3v) is 3.70. The minimum Gasteiger partial charge on any atom is -0.544 e. The minimum atomic E-state index is -1.10. The smallest absolute Gasteiger partial charge is 0.544 e. The Hall–Kier alpha value is 0.506. The van der Waals surface area contributed by atoms with Crippen molar-refractivity contribution < 1.29 is 61.3 Å². The van der Waals surface area contributed by atoms with E-state index in [4.69, 9.17) is 0 Å². The van der Waals surface area contributed by atoms with Crippen LogP contribution in [0.1, 0.15) is 9.67 Å². The molecule has 0 saturated carbocycles. The van der Waals surface area contributed by atoms with Crippen LogP contribution in [-0.4, -0.2) is 5.97 Å². The van der Waals surface area contributed by atoms with E-state index in [-0.39, 0.29) is 56.3 Å². The standard InChI is InChI=1S/C9H6O2S2.K/c10-9(11)8-4-3-7(13-8)6-2-1-5-12-6;/h1-5H,(H,10,11);/q;+1/p-1. The predicted octanol–water partition coefficient (Wildman–Crippen LogP) is -1.16. The van der Waals surface area contributed by atoms with Crippen molar-refractivity contribution in [2.45, 2.75) is 0 Å². The van der Waals surface area contributed by atoms with Gasteiger partial charge in [0.15, 0.2) is 0 Å². The summed E-state index contributed by atoms with van der Waals surface area (Å²) in [6.07, 6.45) is 0. The average molecular weight is 248 g/mol. The van der Waals surface area contributed by atoms with E-state index in [0.29, 0.717) is 0 Å². The summed E-state index contributed by atoms with van der Waals surface area (Å²) in [4.78, 5) is 12.8. The van der Waals surface area contributed by atoms with Crippen molar-refractivity contribution in [2.24, 2.45) is 0 Å². The molecule has 0 spiro atoms. The SMILES string of the molecule is O=C([O-])c1ccc(-c2cccs2)s1.[K+]. The molecule has 0 aliphatic carbocycles. The molecule has 0 unspecified atom stereocenters. The molecule has 14 heavy (non-hydrogen) atoms. The number of hydrogen-bond donors (Lipinski definition) is 0. The zero-order valence-electron chi connectivity index (χ0n) is 7.52. The summed E-state index contributed by atoms with van der Waals surface area (Å²) in [7, 11) is 0. The van der Waals surface area contributed by atoms with E-state index in [0.717, 1.165) is 9.75 Å². The Bertz CT molecular complexity index is 420. The second kappa shape index (κ2) is 5.55. The number of carbonyl (C=O) groups is 1. The van der Waals surface area contributed by atoms with Gasteiger partial charge in [-0.25, -0.2) is 0 Å². The first kappa shape index (κ1) is 12.6. The van der Waals surface area contributed by atoms with Crippen LogP contribution in [0.4, 0.5) is 0 Å². The maximum Gasteiger partial charge on any atom is 1.00 e.